The summed E-state index contributed by atoms with van der Waals surface area (Å²) in [7, 11) is -7.00. The molecule has 6 heteroatoms. The first kappa shape index (κ1) is 11.9. The lowest BCUT2D eigenvalue weighted by Crippen LogP contribution is -2.33. The van der Waals surface area contributed by atoms with Crippen LogP contribution in [-0.2, 0) is 19.7 Å². The molecule has 0 aliphatic carbocycles. The molecule has 74 valence electrons. The van der Waals surface area contributed by atoms with E-state index in [1.807, 2.05) is 0 Å². The average molecular weight is 214 g/mol. The number of rotatable bonds is 2. The topological polar surface area (TPSA) is 68.3 Å². The summed E-state index contributed by atoms with van der Waals surface area (Å²) in [5.74, 6) is 0. The van der Waals surface area contributed by atoms with Gasteiger partial charge in [0.25, 0.3) is 0 Å². The first-order valence-corrected chi connectivity index (χ1v) is 7.07. The molecule has 0 aliphatic rings. The molecule has 0 N–H and O–H groups in total. The normalized spacial score (nSPS) is 14.7. The van der Waals surface area contributed by atoms with Crippen molar-refractivity contribution in [3.63, 3.8) is 0 Å². The van der Waals surface area contributed by atoms with E-state index in [1.54, 1.807) is 0 Å². The predicted octanol–water partition coefficient (Wildman–Crippen LogP) is 0.202. The molecule has 4 nitrogen and oxygen atoms in total. The van der Waals surface area contributed by atoms with Gasteiger partial charge in [-0.3, -0.25) is 0 Å². The highest BCUT2D eigenvalue weighted by Crippen LogP contribution is 2.16. The van der Waals surface area contributed by atoms with Crippen molar-refractivity contribution >= 4 is 19.7 Å². The quantitative estimate of drug-likeness (QED) is 0.658. The van der Waals surface area contributed by atoms with Crippen molar-refractivity contribution in [3.05, 3.63) is 0 Å². The van der Waals surface area contributed by atoms with Crippen molar-refractivity contribution in [2.75, 3.05) is 11.3 Å². The molecule has 0 aromatic rings. The van der Waals surface area contributed by atoms with Crippen LogP contribution in [0.15, 0.2) is 0 Å². The van der Waals surface area contributed by atoms with Crippen LogP contribution >= 0.6 is 0 Å². The van der Waals surface area contributed by atoms with Gasteiger partial charge in [0.15, 0.2) is 24.8 Å². The SMILES string of the molecule is CC(C)(C)S(=O)(=O)CS(C)(=O)=O. The molecule has 0 fully saturated rings. The average Bonchev–Trinajstić information content (AvgIpc) is 1.52. The van der Waals surface area contributed by atoms with Gasteiger partial charge < -0.3 is 0 Å². The molecule has 0 saturated heterocycles. The van der Waals surface area contributed by atoms with E-state index in [0.29, 0.717) is 0 Å². The molecule has 0 radical (unpaired) electrons. The summed E-state index contributed by atoms with van der Waals surface area (Å²) < 4.78 is 43.0. The maximum absolute atomic E-state index is 11.3. The second-order valence-electron chi connectivity index (χ2n) is 3.77. The van der Waals surface area contributed by atoms with E-state index in [0.717, 1.165) is 6.26 Å². The van der Waals surface area contributed by atoms with E-state index in [9.17, 15) is 16.8 Å². The zero-order valence-corrected chi connectivity index (χ0v) is 9.29. The summed E-state index contributed by atoms with van der Waals surface area (Å²) in [6, 6.07) is 0. The van der Waals surface area contributed by atoms with Gasteiger partial charge in [0.1, 0.15) is 0 Å². The molecule has 0 spiro atoms. The Hall–Kier alpha value is -0.100. The van der Waals surface area contributed by atoms with Crippen LogP contribution in [0.2, 0.25) is 0 Å². The monoisotopic (exact) mass is 214 g/mol. The van der Waals surface area contributed by atoms with Gasteiger partial charge in [-0.2, -0.15) is 0 Å². The van der Waals surface area contributed by atoms with Crippen LogP contribution in [0.5, 0.6) is 0 Å². The first-order chi connectivity index (χ1) is 4.96. The third-order valence-corrected chi connectivity index (χ3v) is 6.12. The van der Waals surface area contributed by atoms with Crippen LogP contribution < -0.4 is 0 Å². The molecule has 0 amide bonds. The van der Waals surface area contributed by atoms with Crippen molar-refractivity contribution in [1.29, 1.82) is 0 Å². The predicted molar refractivity (Wildman–Crippen MR) is 48.4 cm³/mol. The van der Waals surface area contributed by atoms with Crippen molar-refractivity contribution < 1.29 is 16.8 Å². The fourth-order valence-corrected chi connectivity index (χ4v) is 4.13. The van der Waals surface area contributed by atoms with Crippen LogP contribution in [0, 0.1) is 0 Å². The summed E-state index contributed by atoms with van der Waals surface area (Å²) in [5, 5.41) is -0.774. The van der Waals surface area contributed by atoms with E-state index in [1.165, 1.54) is 20.8 Å². The molecule has 0 saturated carbocycles. The molecule has 0 unspecified atom stereocenters. The Bertz CT molecular complexity index is 341. The molecule has 0 aromatic heterocycles. The van der Waals surface area contributed by atoms with Crippen LogP contribution in [0.25, 0.3) is 0 Å². The number of sulfone groups is 2. The minimum Gasteiger partial charge on any atom is -0.228 e. The Morgan fingerprint density at radius 3 is 1.42 bits per heavy atom. The van der Waals surface area contributed by atoms with Crippen molar-refractivity contribution in [3.8, 4) is 0 Å². The van der Waals surface area contributed by atoms with E-state index >= 15 is 0 Å². The second-order valence-corrected chi connectivity index (χ2v) is 9.02. The van der Waals surface area contributed by atoms with Gasteiger partial charge in [-0.05, 0) is 20.8 Å². The van der Waals surface area contributed by atoms with E-state index < -0.39 is 29.5 Å². The lowest BCUT2D eigenvalue weighted by atomic mass is 10.3. The summed E-state index contributed by atoms with van der Waals surface area (Å²) in [5.41, 5.74) is 0. The minimum absolute atomic E-state index is 0.774. The summed E-state index contributed by atoms with van der Waals surface area (Å²) in [4.78, 5) is 0. The lowest BCUT2D eigenvalue weighted by Gasteiger charge is -2.17. The van der Waals surface area contributed by atoms with E-state index in [4.69, 9.17) is 0 Å². The molecule has 0 rings (SSSR count). The highest BCUT2D eigenvalue weighted by molar-refractivity contribution is 8.08. The second kappa shape index (κ2) is 2.99. The Morgan fingerprint density at radius 1 is 1.00 bits per heavy atom. The minimum atomic E-state index is -3.54. The fourth-order valence-electron chi connectivity index (χ4n) is 0.459. The van der Waals surface area contributed by atoms with Crippen LogP contribution in [0.4, 0.5) is 0 Å². The largest absolute Gasteiger partial charge is 0.228 e. The molecule has 0 aliphatic heterocycles. The fraction of sp³-hybridized carbons (Fsp3) is 1.00. The number of hydrogen-bond acceptors (Lipinski definition) is 4. The molecular weight excluding hydrogens is 200 g/mol. The highest BCUT2D eigenvalue weighted by atomic mass is 32.3. The molecule has 0 heterocycles. The van der Waals surface area contributed by atoms with Crippen LogP contribution in [-0.4, -0.2) is 32.9 Å². The van der Waals surface area contributed by atoms with Crippen LogP contribution in [0.3, 0.4) is 0 Å². The Labute approximate surface area is 73.8 Å². The smallest absolute Gasteiger partial charge is 0.169 e. The molecule has 0 aromatic carbocycles. The van der Waals surface area contributed by atoms with Gasteiger partial charge in [-0.25, -0.2) is 16.8 Å². The van der Waals surface area contributed by atoms with Crippen LogP contribution in [0.1, 0.15) is 20.8 Å². The number of hydrogen-bond donors (Lipinski definition) is 0. The Morgan fingerprint density at radius 2 is 1.33 bits per heavy atom. The van der Waals surface area contributed by atoms with Crippen molar-refractivity contribution in [2.24, 2.45) is 0 Å². The third kappa shape index (κ3) is 3.53. The van der Waals surface area contributed by atoms with Gasteiger partial charge in [-0.1, -0.05) is 0 Å². The van der Waals surface area contributed by atoms with Gasteiger partial charge in [0.2, 0.25) is 0 Å². The standard InChI is InChI=1S/C6H14O4S2/c1-6(2,3)12(9,10)5-11(4,7)8/h5H2,1-4H3. The maximum Gasteiger partial charge on any atom is 0.169 e. The summed E-state index contributed by atoms with van der Waals surface area (Å²) in [6.07, 6.45) is 0.913. The molecular formula is C6H14O4S2. The highest BCUT2D eigenvalue weighted by Gasteiger charge is 2.31. The van der Waals surface area contributed by atoms with E-state index in [-0.39, 0.29) is 0 Å². The van der Waals surface area contributed by atoms with Crippen molar-refractivity contribution in [1.82, 2.24) is 0 Å². The summed E-state index contributed by atoms with van der Waals surface area (Å²) >= 11 is 0. The van der Waals surface area contributed by atoms with Crippen molar-refractivity contribution in [2.45, 2.75) is 25.5 Å². The molecule has 12 heavy (non-hydrogen) atoms. The first-order valence-electron chi connectivity index (χ1n) is 3.36. The zero-order chi connectivity index (χ0) is 10.2. The lowest BCUT2D eigenvalue weighted by molar-refractivity contribution is 0.561. The van der Waals surface area contributed by atoms with Gasteiger partial charge in [-0.15, -0.1) is 0 Å². The zero-order valence-electron chi connectivity index (χ0n) is 7.66. The Balaban J connectivity index is 4.96. The third-order valence-electron chi connectivity index (χ3n) is 1.30. The van der Waals surface area contributed by atoms with Gasteiger partial charge in [0.05, 0.1) is 4.75 Å². The van der Waals surface area contributed by atoms with Gasteiger partial charge >= 0.3 is 0 Å². The molecule has 0 atom stereocenters. The summed E-state index contributed by atoms with van der Waals surface area (Å²) in [6.45, 7) is 4.44. The Kier molecular flexibility index (Phi) is 2.97. The maximum atomic E-state index is 11.3. The van der Waals surface area contributed by atoms with E-state index in [2.05, 4.69) is 0 Å². The van der Waals surface area contributed by atoms with Gasteiger partial charge in [0, 0.05) is 6.26 Å². The molecule has 0 bridgehead atoms.